The molecule has 0 aliphatic heterocycles. The monoisotopic (exact) mass is 526 g/mol. The molecule has 1 N–H and O–H groups in total. The normalized spacial score (nSPS) is 10.6. The van der Waals surface area contributed by atoms with Gasteiger partial charge in [-0.2, -0.15) is 0 Å². The number of aliphatic hydroxyl groups is 1. The van der Waals surface area contributed by atoms with Crippen LogP contribution in [-0.4, -0.2) is 42.6 Å². The topological polar surface area (TPSA) is 99.1 Å². The zero-order chi connectivity index (χ0) is 28.0. The van der Waals surface area contributed by atoms with Gasteiger partial charge in [0, 0.05) is 11.6 Å². The van der Waals surface area contributed by atoms with E-state index in [1.165, 1.54) is 6.08 Å². The lowest BCUT2D eigenvalue weighted by molar-refractivity contribution is -0.139. The van der Waals surface area contributed by atoms with Crippen molar-refractivity contribution in [2.45, 2.75) is 12.8 Å². The Bertz CT molecular complexity index is 1320. The molecule has 0 spiro atoms. The van der Waals surface area contributed by atoms with Gasteiger partial charge in [-0.05, 0) is 59.9 Å². The molecule has 0 atom stereocenters. The first-order valence-electron chi connectivity index (χ1n) is 12.4. The highest BCUT2D eigenvalue weighted by atomic mass is 16.5. The van der Waals surface area contributed by atoms with Gasteiger partial charge in [0.2, 0.25) is 0 Å². The van der Waals surface area contributed by atoms with Crippen molar-refractivity contribution in [3.05, 3.63) is 115 Å². The second-order valence-electron chi connectivity index (χ2n) is 8.45. The highest BCUT2D eigenvalue weighted by molar-refractivity contribution is 6.07. The van der Waals surface area contributed by atoms with Crippen molar-refractivity contribution in [1.29, 1.82) is 0 Å². The molecule has 3 rings (SSSR count). The Morgan fingerprint density at radius 2 is 1.38 bits per heavy atom. The SMILES string of the molecule is C=CC(=O)Oc1ccc(/C=C/C(=O)c2ccc(-c3ccc(OCCCCOC(=O)C(=C)CO)cc3)cc2)cc1. The van der Waals surface area contributed by atoms with E-state index in [1.54, 1.807) is 42.5 Å². The molecule has 0 aliphatic carbocycles. The van der Waals surface area contributed by atoms with E-state index in [-0.39, 0.29) is 18.0 Å². The van der Waals surface area contributed by atoms with Crippen molar-refractivity contribution in [3.63, 3.8) is 0 Å². The van der Waals surface area contributed by atoms with Crippen LogP contribution >= 0.6 is 0 Å². The largest absolute Gasteiger partial charge is 0.494 e. The highest BCUT2D eigenvalue weighted by Gasteiger charge is 2.07. The molecule has 0 aliphatic rings. The zero-order valence-corrected chi connectivity index (χ0v) is 21.5. The molecule has 3 aromatic rings. The van der Waals surface area contributed by atoms with Gasteiger partial charge in [-0.1, -0.05) is 67.8 Å². The Balaban J connectivity index is 1.45. The van der Waals surface area contributed by atoms with Gasteiger partial charge in [0.1, 0.15) is 11.5 Å². The van der Waals surface area contributed by atoms with Crippen LogP contribution in [0.5, 0.6) is 11.5 Å². The number of hydrogen-bond donors (Lipinski definition) is 1. The lowest BCUT2D eigenvalue weighted by Crippen LogP contribution is -2.11. The fourth-order valence-electron chi connectivity index (χ4n) is 3.37. The summed E-state index contributed by atoms with van der Waals surface area (Å²) in [6.07, 6.45) is 5.65. The summed E-state index contributed by atoms with van der Waals surface area (Å²) in [7, 11) is 0. The number of unbranched alkanes of at least 4 members (excludes halogenated alkanes) is 1. The summed E-state index contributed by atoms with van der Waals surface area (Å²) < 4.78 is 15.8. The maximum Gasteiger partial charge on any atom is 0.335 e. The number of carbonyl (C=O) groups is 3. The van der Waals surface area contributed by atoms with Crippen LogP contribution < -0.4 is 9.47 Å². The minimum atomic E-state index is -0.583. The smallest absolute Gasteiger partial charge is 0.335 e. The average Bonchev–Trinajstić information content (AvgIpc) is 2.98. The second-order valence-corrected chi connectivity index (χ2v) is 8.45. The summed E-state index contributed by atoms with van der Waals surface area (Å²) in [4.78, 5) is 35.2. The van der Waals surface area contributed by atoms with Gasteiger partial charge in [-0.3, -0.25) is 4.79 Å². The first kappa shape index (κ1) is 28.8. The van der Waals surface area contributed by atoms with Crippen molar-refractivity contribution in [3.8, 4) is 22.6 Å². The van der Waals surface area contributed by atoms with Crippen LogP contribution in [0.25, 0.3) is 17.2 Å². The molecule has 39 heavy (non-hydrogen) atoms. The Labute approximate surface area is 227 Å². The number of allylic oxidation sites excluding steroid dienone is 1. The Hall–Kier alpha value is -4.75. The molecule has 7 heteroatoms. The van der Waals surface area contributed by atoms with Crippen molar-refractivity contribution in [1.82, 2.24) is 0 Å². The molecule has 3 aromatic carbocycles. The minimum Gasteiger partial charge on any atom is -0.494 e. The molecule has 200 valence electrons. The Kier molecular flexibility index (Phi) is 11.0. The summed E-state index contributed by atoms with van der Waals surface area (Å²) in [5, 5.41) is 8.84. The quantitative estimate of drug-likeness (QED) is 0.0961. The molecule has 0 amide bonds. The van der Waals surface area contributed by atoms with E-state index in [0.717, 1.165) is 28.5 Å². The third kappa shape index (κ3) is 9.25. The van der Waals surface area contributed by atoms with Gasteiger partial charge >= 0.3 is 11.9 Å². The summed E-state index contributed by atoms with van der Waals surface area (Å²) >= 11 is 0. The number of esters is 2. The summed E-state index contributed by atoms with van der Waals surface area (Å²) in [5.41, 5.74) is 3.37. The van der Waals surface area contributed by atoms with Crippen LogP contribution in [0.2, 0.25) is 0 Å². The lowest BCUT2D eigenvalue weighted by atomic mass is 10.0. The molecule has 0 unspecified atom stereocenters. The van der Waals surface area contributed by atoms with E-state index in [9.17, 15) is 14.4 Å². The van der Waals surface area contributed by atoms with Crippen molar-refractivity contribution in [2.75, 3.05) is 19.8 Å². The standard InChI is InChI=1S/C32H30O7/c1-3-31(35)39-29-15-6-24(7-16-29)8-19-30(34)27-11-9-25(10-12-27)26-13-17-28(18-14-26)37-20-4-5-21-38-32(36)23(2)22-33/h3,6-19,33H,1-2,4-5,20-22H2/b19-8+. The average molecular weight is 527 g/mol. The first-order chi connectivity index (χ1) is 18.9. The predicted molar refractivity (Wildman–Crippen MR) is 149 cm³/mol. The van der Waals surface area contributed by atoms with Gasteiger partial charge < -0.3 is 19.3 Å². The molecule has 0 bridgehead atoms. The minimum absolute atomic E-state index is 0.0405. The van der Waals surface area contributed by atoms with Gasteiger partial charge in [0.15, 0.2) is 5.78 Å². The lowest BCUT2D eigenvalue weighted by Gasteiger charge is -2.08. The van der Waals surface area contributed by atoms with Crippen molar-refractivity contribution >= 4 is 23.8 Å². The van der Waals surface area contributed by atoms with E-state index < -0.39 is 18.5 Å². The summed E-state index contributed by atoms with van der Waals surface area (Å²) in [6, 6.07) is 21.8. The van der Waals surface area contributed by atoms with Crippen LogP contribution in [0.15, 0.2) is 104 Å². The molecule has 0 saturated heterocycles. The predicted octanol–water partition coefficient (Wildman–Crippen LogP) is 5.59. The second kappa shape index (κ2) is 14.9. The maximum absolute atomic E-state index is 12.6. The maximum atomic E-state index is 12.6. The fourth-order valence-corrected chi connectivity index (χ4v) is 3.37. The number of ketones is 1. The van der Waals surface area contributed by atoms with Crippen LogP contribution in [0, 0.1) is 0 Å². The van der Waals surface area contributed by atoms with Crippen LogP contribution in [0.3, 0.4) is 0 Å². The van der Waals surface area contributed by atoms with E-state index >= 15 is 0 Å². The molecule has 7 nitrogen and oxygen atoms in total. The molecule has 0 fully saturated rings. The zero-order valence-electron chi connectivity index (χ0n) is 21.5. The Morgan fingerprint density at radius 3 is 2.00 bits per heavy atom. The fraction of sp³-hybridized carbons (Fsp3) is 0.156. The Morgan fingerprint density at radius 1 is 0.795 bits per heavy atom. The number of hydrogen-bond acceptors (Lipinski definition) is 7. The molecule has 0 radical (unpaired) electrons. The number of rotatable bonds is 14. The number of ether oxygens (including phenoxy) is 3. The highest BCUT2D eigenvalue weighted by Crippen LogP contribution is 2.23. The third-order valence-corrected chi connectivity index (χ3v) is 5.57. The van der Waals surface area contributed by atoms with Crippen LogP contribution in [0.1, 0.15) is 28.8 Å². The van der Waals surface area contributed by atoms with Crippen molar-refractivity contribution in [2.24, 2.45) is 0 Å². The number of carbonyl (C=O) groups excluding carboxylic acids is 3. The molecule has 0 heterocycles. The van der Waals surface area contributed by atoms with Crippen molar-refractivity contribution < 1.29 is 33.7 Å². The molecule has 0 aromatic heterocycles. The van der Waals surface area contributed by atoms with Gasteiger partial charge in [-0.15, -0.1) is 0 Å². The summed E-state index contributed by atoms with van der Waals surface area (Å²) in [6.45, 7) is 7.09. The number of aliphatic hydroxyl groups excluding tert-OH is 1. The van der Waals surface area contributed by atoms with E-state index in [1.807, 2.05) is 36.4 Å². The molecular weight excluding hydrogens is 496 g/mol. The molecule has 0 saturated carbocycles. The van der Waals surface area contributed by atoms with Crippen LogP contribution in [-0.2, 0) is 14.3 Å². The van der Waals surface area contributed by atoms with E-state index in [0.29, 0.717) is 30.8 Å². The van der Waals surface area contributed by atoms with Gasteiger partial charge in [-0.25, -0.2) is 9.59 Å². The molecular formula is C32H30O7. The first-order valence-corrected chi connectivity index (χ1v) is 12.4. The summed E-state index contributed by atoms with van der Waals surface area (Å²) in [5.74, 6) is -0.104. The third-order valence-electron chi connectivity index (χ3n) is 5.57. The number of benzene rings is 3. The van der Waals surface area contributed by atoms with E-state index in [2.05, 4.69) is 13.2 Å². The van der Waals surface area contributed by atoms with Gasteiger partial charge in [0.05, 0.1) is 25.4 Å². The van der Waals surface area contributed by atoms with Crippen LogP contribution in [0.4, 0.5) is 0 Å². The van der Waals surface area contributed by atoms with Gasteiger partial charge in [0.25, 0.3) is 0 Å². The van der Waals surface area contributed by atoms with E-state index in [4.69, 9.17) is 19.3 Å².